The first-order valence-electron chi connectivity index (χ1n) is 3.80. The highest BCUT2D eigenvalue weighted by Gasteiger charge is 2.46. The Labute approximate surface area is 69.5 Å². The number of carbonyl (C=O) groups is 2. The molecule has 1 aliphatic rings. The summed E-state index contributed by atoms with van der Waals surface area (Å²) in [7, 11) is 0. The van der Waals surface area contributed by atoms with Crippen molar-refractivity contribution >= 4 is 12.4 Å². The van der Waals surface area contributed by atoms with Crippen LogP contribution in [0.5, 0.6) is 0 Å². The van der Waals surface area contributed by atoms with Crippen LogP contribution in [0.4, 0.5) is 0 Å². The van der Waals surface area contributed by atoms with Crippen LogP contribution >= 0.6 is 0 Å². The molecule has 0 spiro atoms. The van der Waals surface area contributed by atoms with E-state index < -0.39 is 11.5 Å². The molecule has 0 unspecified atom stereocenters. The number of carbonyl (C=O) groups excluding carboxylic acids is 1. The minimum Gasteiger partial charge on any atom is -0.479 e. The fraction of sp³-hybridized carbons (Fsp3) is 0.714. The second kappa shape index (κ2) is 3.10. The molecule has 0 aliphatic heterocycles. The van der Waals surface area contributed by atoms with Crippen molar-refractivity contribution in [2.24, 2.45) is 0 Å². The van der Waals surface area contributed by atoms with Crippen LogP contribution in [0.15, 0.2) is 0 Å². The van der Waals surface area contributed by atoms with E-state index in [9.17, 15) is 9.59 Å². The van der Waals surface area contributed by atoms with Gasteiger partial charge in [0.1, 0.15) is 0 Å². The summed E-state index contributed by atoms with van der Waals surface area (Å²) in [6.07, 6.45) is 2.28. The Kier molecular flexibility index (Phi) is 2.32. The molecule has 0 heterocycles. The number of nitrogens with zero attached hydrogens (tertiary/aromatic N) is 1. The summed E-state index contributed by atoms with van der Waals surface area (Å²) in [5.74, 6) is -1.13. The van der Waals surface area contributed by atoms with Gasteiger partial charge >= 0.3 is 5.97 Å². The summed E-state index contributed by atoms with van der Waals surface area (Å²) in [6, 6.07) is 0. The zero-order chi connectivity index (χ0) is 9.19. The summed E-state index contributed by atoms with van der Waals surface area (Å²) >= 11 is 0. The lowest BCUT2D eigenvalue weighted by molar-refractivity contribution is -0.194. The number of carboxylic acids is 1. The van der Waals surface area contributed by atoms with Gasteiger partial charge in [-0.3, -0.25) is 10.0 Å². The molecule has 5 heteroatoms. The van der Waals surface area contributed by atoms with E-state index in [-0.39, 0.29) is 11.5 Å². The lowest BCUT2D eigenvalue weighted by Crippen LogP contribution is -2.50. The molecule has 0 bridgehead atoms. The largest absolute Gasteiger partial charge is 0.479 e. The van der Waals surface area contributed by atoms with E-state index in [1.54, 1.807) is 0 Å². The lowest BCUT2D eigenvalue weighted by Gasteiger charge is -2.28. The highest BCUT2D eigenvalue weighted by atomic mass is 16.5. The summed E-state index contributed by atoms with van der Waals surface area (Å²) in [5, 5.41) is 18.1. The topological polar surface area (TPSA) is 77.8 Å². The van der Waals surface area contributed by atoms with Gasteiger partial charge < -0.3 is 5.11 Å². The number of hydrogen-bond donors (Lipinski definition) is 2. The first kappa shape index (κ1) is 8.99. The number of aliphatic carboxylic acids is 1. The molecule has 1 aliphatic carbocycles. The zero-order valence-electron chi connectivity index (χ0n) is 6.56. The zero-order valence-corrected chi connectivity index (χ0v) is 6.56. The van der Waals surface area contributed by atoms with Crippen LogP contribution in [-0.2, 0) is 9.59 Å². The van der Waals surface area contributed by atoms with Gasteiger partial charge in [0.25, 0.3) is 0 Å². The summed E-state index contributed by atoms with van der Waals surface area (Å²) in [6.45, 7) is 0. The third kappa shape index (κ3) is 1.16. The predicted octanol–water partition coefficient (Wildman–Crippen LogP) is 0.231. The SMILES string of the molecule is O=CN(O)C1(C(=O)O)CCCC1. The maximum Gasteiger partial charge on any atom is 0.332 e. The second-order valence-electron chi connectivity index (χ2n) is 2.99. The predicted molar refractivity (Wildman–Crippen MR) is 38.5 cm³/mol. The van der Waals surface area contributed by atoms with Crippen LogP contribution < -0.4 is 0 Å². The number of amides is 1. The maximum absolute atomic E-state index is 10.8. The average Bonchev–Trinajstić information content (AvgIpc) is 2.52. The van der Waals surface area contributed by atoms with Crippen LogP contribution in [0, 0.1) is 0 Å². The van der Waals surface area contributed by atoms with E-state index in [1.165, 1.54) is 0 Å². The Hall–Kier alpha value is -1.10. The third-order valence-electron chi connectivity index (χ3n) is 2.37. The lowest BCUT2D eigenvalue weighted by atomic mass is 9.98. The van der Waals surface area contributed by atoms with E-state index in [0.717, 1.165) is 12.8 Å². The van der Waals surface area contributed by atoms with Gasteiger partial charge in [-0.2, -0.15) is 0 Å². The normalized spacial score (nSPS) is 20.4. The molecule has 12 heavy (non-hydrogen) atoms. The molecule has 0 aromatic rings. The molecule has 5 nitrogen and oxygen atoms in total. The van der Waals surface area contributed by atoms with Crippen molar-refractivity contribution < 1.29 is 19.9 Å². The van der Waals surface area contributed by atoms with E-state index in [4.69, 9.17) is 10.3 Å². The van der Waals surface area contributed by atoms with Crippen LogP contribution in [0.1, 0.15) is 25.7 Å². The molecule has 1 fully saturated rings. The van der Waals surface area contributed by atoms with E-state index in [2.05, 4.69) is 0 Å². The molecule has 0 saturated heterocycles. The maximum atomic E-state index is 10.8. The van der Waals surface area contributed by atoms with Gasteiger partial charge in [-0.1, -0.05) is 12.8 Å². The van der Waals surface area contributed by atoms with Gasteiger partial charge in [-0.25, -0.2) is 9.86 Å². The molecule has 1 amide bonds. The van der Waals surface area contributed by atoms with Crippen LogP contribution in [-0.4, -0.2) is 33.3 Å². The van der Waals surface area contributed by atoms with Crippen molar-refractivity contribution in [3.63, 3.8) is 0 Å². The monoisotopic (exact) mass is 173 g/mol. The van der Waals surface area contributed by atoms with Crippen LogP contribution in [0.25, 0.3) is 0 Å². The van der Waals surface area contributed by atoms with Crippen molar-refractivity contribution in [3.8, 4) is 0 Å². The fourth-order valence-corrected chi connectivity index (χ4v) is 1.60. The van der Waals surface area contributed by atoms with Crippen molar-refractivity contribution in [3.05, 3.63) is 0 Å². The minimum atomic E-state index is -1.36. The summed E-state index contributed by atoms with van der Waals surface area (Å²) in [4.78, 5) is 21.0. The smallest absolute Gasteiger partial charge is 0.332 e. The number of rotatable bonds is 3. The molecule has 0 aromatic carbocycles. The second-order valence-corrected chi connectivity index (χ2v) is 2.99. The highest BCUT2D eigenvalue weighted by molar-refractivity contribution is 5.81. The fourth-order valence-electron chi connectivity index (χ4n) is 1.60. The average molecular weight is 173 g/mol. The summed E-state index contributed by atoms with van der Waals surface area (Å²) < 4.78 is 0. The van der Waals surface area contributed by atoms with Crippen molar-refractivity contribution in [1.82, 2.24) is 5.06 Å². The number of hydrogen-bond acceptors (Lipinski definition) is 3. The first-order chi connectivity index (χ1) is 5.63. The Balaban J connectivity index is 2.85. The van der Waals surface area contributed by atoms with Gasteiger partial charge in [-0.15, -0.1) is 0 Å². The Bertz CT molecular complexity index is 198. The van der Waals surface area contributed by atoms with E-state index in [0.29, 0.717) is 12.8 Å². The van der Waals surface area contributed by atoms with Gasteiger partial charge in [0, 0.05) is 0 Å². The van der Waals surface area contributed by atoms with Crippen molar-refractivity contribution in [2.75, 3.05) is 0 Å². The van der Waals surface area contributed by atoms with E-state index in [1.807, 2.05) is 0 Å². The molecular weight excluding hydrogens is 162 g/mol. The molecule has 68 valence electrons. The van der Waals surface area contributed by atoms with E-state index >= 15 is 0 Å². The molecule has 1 saturated carbocycles. The standard InChI is InChI=1S/C7H11NO4/c9-5-8(12)7(6(10)11)3-1-2-4-7/h5,12H,1-4H2,(H,10,11). The Morgan fingerprint density at radius 3 is 2.25 bits per heavy atom. The Morgan fingerprint density at radius 2 is 1.92 bits per heavy atom. The summed E-state index contributed by atoms with van der Waals surface area (Å²) in [5.41, 5.74) is -1.36. The van der Waals surface area contributed by atoms with Gasteiger partial charge in [-0.05, 0) is 12.8 Å². The van der Waals surface area contributed by atoms with Crippen LogP contribution in [0.2, 0.25) is 0 Å². The highest BCUT2D eigenvalue weighted by Crippen LogP contribution is 2.33. The minimum absolute atomic E-state index is 0.152. The Morgan fingerprint density at radius 1 is 1.42 bits per heavy atom. The molecule has 1 rings (SSSR count). The van der Waals surface area contributed by atoms with Gasteiger partial charge in [0.2, 0.25) is 6.41 Å². The third-order valence-corrected chi connectivity index (χ3v) is 2.37. The first-order valence-corrected chi connectivity index (χ1v) is 3.80. The number of carboxylic acid groups (broad SMARTS) is 1. The number of hydroxylamine groups is 2. The van der Waals surface area contributed by atoms with Crippen molar-refractivity contribution in [2.45, 2.75) is 31.2 Å². The van der Waals surface area contributed by atoms with Crippen molar-refractivity contribution in [1.29, 1.82) is 0 Å². The van der Waals surface area contributed by atoms with Gasteiger partial charge in [0.15, 0.2) is 5.54 Å². The molecular formula is C7H11NO4. The van der Waals surface area contributed by atoms with Gasteiger partial charge in [0.05, 0.1) is 0 Å². The van der Waals surface area contributed by atoms with Crippen LogP contribution in [0.3, 0.4) is 0 Å². The molecule has 0 atom stereocenters. The molecule has 0 aromatic heterocycles. The quantitative estimate of drug-likeness (QED) is 0.364. The molecule has 2 N–H and O–H groups in total. The molecule has 0 radical (unpaired) electrons.